The summed E-state index contributed by atoms with van der Waals surface area (Å²) in [5.74, 6) is 2.01. The Kier molecular flexibility index (Phi) is 6.80. The summed E-state index contributed by atoms with van der Waals surface area (Å²) in [6, 6.07) is 9.24. The molecule has 0 bridgehead atoms. The molecule has 10 heteroatoms. The largest absolute Gasteiger partial charge is 0.493 e. The fraction of sp³-hybridized carbons (Fsp3) is 0.440. The van der Waals surface area contributed by atoms with Crippen LogP contribution in [0.5, 0.6) is 11.5 Å². The van der Waals surface area contributed by atoms with Crippen molar-refractivity contribution in [1.82, 2.24) is 15.3 Å². The highest BCUT2D eigenvalue weighted by Gasteiger charge is 2.24. The topological polar surface area (TPSA) is 115 Å². The van der Waals surface area contributed by atoms with Crippen LogP contribution in [-0.4, -0.2) is 54.3 Å². The number of nitro benzene ring substituents is 1. The highest BCUT2D eigenvalue weighted by Crippen LogP contribution is 2.36. The molecule has 2 heterocycles. The number of hydrogen-bond donors (Lipinski definition) is 2. The molecule has 0 atom stereocenters. The second-order valence-electron chi connectivity index (χ2n) is 8.94. The lowest BCUT2D eigenvalue weighted by Gasteiger charge is -2.29. The standard InChI is InChI=1S/C25H30N6O4/c1-34-23-7-6-17(12-24(23)35-18-4-2-3-5-18)15-27-25-19-13-22(31(32)33)21(14-20(19)28-16-29-25)30-10-8-26-9-11-30/h6-7,12-14,16,18,26H,2-5,8-11,15H2,1H3,(H,27,28,29). The number of aromatic nitrogens is 2. The Labute approximate surface area is 203 Å². The number of rotatable bonds is 8. The lowest BCUT2D eigenvalue weighted by atomic mass is 10.1. The number of nitrogens with one attached hydrogen (secondary N) is 2. The van der Waals surface area contributed by atoms with E-state index in [9.17, 15) is 10.1 Å². The van der Waals surface area contributed by atoms with Crippen LogP contribution in [0.2, 0.25) is 0 Å². The summed E-state index contributed by atoms with van der Waals surface area (Å²) in [4.78, 5) is 22.4. The fourth-order valence-electron chi connectivity index (χ4n) is 4.82. The van der Waals surface area contributed by atoms with Crippen molar-refractivity contribution in [3.05, 3.63) is 52.3 Å². The lowest BCUT2D eigenvalue weighted by molar-refractivity contribution is -0.384. The van der Waals surface area contributed by atoms with Crippen LogP contribution in [-0.2, 0) is 6.54 Å². The number of fused-ring (bicyclic) bond motifs is 1. The zero-order chi connectivity index (χ0) is 24.2. The minimum atomic E-state index is -0.330. The normalized spacial score (nSPS) is 16.4. The van der Waals surface area contributed by atoms with Crippen molar-refractivity contribution in [1.29, 1.82) is 0 Å². The summed E-state index contributed by atoms with van der Waals surface area (Å²) < 4.78 is 11.7. The second kappa shape index (κ2) is 10.3. The molecule has 0 amide bonds. The van der Waals surface area contributed by atoms with E-state index >= 15 is 0 Å². The van der Waals surface area contributed by atoms with Gasteiger partial charge in [0.15, 0.2) is 11.5 Å². The van der Waals surface area contributed by atoms with E-state index in [2.05, 4.69) is 20.6 Å². The van der Waals surface area contributed by atoms with Gasteiger partial charge in [0, 0.05) is 44.2 Å². The summed E-state index contributed by atoms with van der Waals surface area (Å²) in [5.41, 5.74) is 2.32. The van der Waals surface area contributed by atoms with Crippen LogP contribution >= 0.6 is 0 Å². The van der Waals surface area contributed by atoms with Gasteiger partial charge in [0.05, 0.1) is 23.7 Å². The Balaban J connectivity index is 1.40. The number of hydrogen-bond acceptors (Lipinski definition) is 9. The van der Waals surface area contributed by atoms with Crippen molar-refractivity contribution < 1.29 is 14.4 Å². The van der Waals surface area contributed by atoms with Crippen LogP contribution < -0.4 is 25.0 Å². The molecule has 5 rings (SSSR count). The van der Waals surface area contributed by atoms with E-state index in [1.807, 2.05) is 23.1 Å². The molecule has 10 nitrogen and oxygen atoms in total. The SMILES string of the molecule is COc1ccc(CNc2ncnc3cc(N4CCNCC4)c([N+](=O)[O-])cc23)cc1OC1CCCC1. The molecular formula is C25H30N6O4. The van der Waals surface area contributed by atoms with Gasteiger partial charge in [-0.3, -0.25) is 10.1 Å². The maximum atomic E-state index is 11.9. The Morgan fingerprint density at radius 1 is 1.14 bits per heavy atom. The van der Waals surface area contributed by atoms with E-state index in [-0.39, 0.29) is 16.7 Å². The quantitative estimate of drug-likeness (QED) is 0.367. The van der Waals surface area contributed by atoms with Gasteiger partial charge in [0.2, 0.25) is 0 Å². The van der Waals surface area contributed by atoms with Crippen molar-refractivity contribution in [2.45, 2.75) is 38.3 Å². The van der Waals surface area contributed by atoms with Crippen LogP contribution in [0.15, 0.2) is 36.7 Å². The van der Waals surface area contributed by atoms with Gasteiger partial charge in [-0.05, 0) is 49.4 Å². The Morgan fingerprint density at radius 2 is 1.94 bits per heavy atom. The molecule has 2 fully saturated rings. The smallest absolute Gasteiger partial charge is 0.293 e. The first-order chi connectivity index (χ1) is 17.1. The molecule has 0 radical (unpaired) electrons. The molecule has 1 aliphatic carbocycles. The average molecular weight is 479 g/mol. The molecule has 2 N–H and O–H groups in total. The van der Waals surface area contributed by atoms with E-state index in [1.165, 1.54) is 19.2 Å². The molecule has 2 aromatic carbocycles. The van der Waals surface area contributed by atoms with Gasteiger partial charge in [-0.25, -0.2) is 9.97 Å². The zero-order valence-electron chi connectivity index (χ0n) is 19.8. The second-order valence-corrected chi connectivity index (χ2v) is 8.94. The summed E-state index contributed by atoms with van der Waals surface area (Å²) in [6.45, 7) is 3.49. The summed E-state index contributed by atoms with van der Waals surface area (Å²) >= 11 is 0. The minimum Gasteiger partial charge on any atom is -0.493 e. The molecule has 1 saturated heterocycles. The van der Waals surface area contributed by atoms with Crippen LogP contribution in [0.25, 0.3) is 10.9 Å². The number of nitro groups is 1. The minimum absolute atomic E-state index is 0.0638. The first-order valence-corrected chi connectivity index (χ1v) is 12.1. The van der Waals surface area contributed by atoms with E-state index in [0.717, 1.165) is 37.2 Å². The van der Waals surface area contributed by atoms with E-state index in [4.69, 9.17) is 9.47 Å². The Bertz CT molecular complexity index is 1210. The van der Waals surface area contributed by atoms with Gasteiger partial charge >= 0.3 is 0 Å². The number of benzene rings is 2. The van der Waals surface area contributed by atoms with Crippen molar-refractivity contribution in [2.24, 2.45) is 0 Å². The number of piperazine rings is 1. The van der Waals surface area contributed by atoms with Crippen LogP contribution in [0, 0.1) is 10.1 Å². The van der Waals surface area contributed by atoms with Crippen LogP contribution in [0.1, 0.15) is 31.2 Å². The summed E-state index contributed by atoms with van der Waals surface area (Å²) in [7, 11) is 1.64. The van der Waals surface area contributed by atoms with Crippen molar-refractivity contribution >= 4 is 28.1 Å². The van der Waals surface area contributed by atoms with Crippen LogP contribution in [0.3, 0.4) is 0 Å². The van der Waals surface area contributed by atoms with Crippen LogP contribution in [0.4, 0.5) is 17.2 Å². The molecular weight excluding hydrogens is 448 g/mol. The number of anilines is 2. The zero-order valence-corrected chi connectivity index (χ0v) is 19.8. The summed E-state index contributed by atoms with van der Waals surface area (Å²) in [5, 5.41) is 19.1. The molecule has 0 unspecified atom stereocenters. The van der Waals surface area contributed by atoms with E-state index < -0.39 is 0 Å². The highest BCUT2D eigenvalue weighted by molar-refractivity contribution is 5.94. The first kappa shape index (κ1) is 23.1. The molecule has 0 spiro atoms. The first-order valence-electron chi connectivity index (χ1n) is 12.1. The molecule has 184 valence electrons. The Hall–Kier alpha value is -3.66. The predicted molar refractivity (Wildman–Crippen MR) is 134 cm³/mol. The third-order valence-corrected chi connectivity index (χ3v) is 6.67. The van der Waals surface area contributed by atoms with Crippen molar-refractivity contribution in [2.75, 3.05) is 43.5 Å². The average Bonchev–Trinajstić information content (AvgIpc) is 3.40. The third-order valence-electron chi connectivity index (χ3n) is 6.67. The van der Waals surface area contributed by atoms with Gasteiger partial charge in [0.1, 0.15) is 17.8 Å². The molecule has 35 heavy (non-hydrogen) atoms. The van der Waals surface area contributed by atoms with E-state index in [1.54, 1.807) is 19.2 Å². The molecule has 2 aliphatic rings. The monoisotopic (exact) mass is 478 g/mol. The number of ether oxygens (including phenoxy) is 2. The molecule has 1 aromatic heterocycles. The Morgan fingerprint density at radius 3 is 2.69 bits per heavy atom. The highest BCUT2D eigenvalue weighted by atomic mass is 16.6. The van der Waals surface area contributed by atoms with Gasteiger partial charge in [-0.15, -0.1) is 0 Å². The summed E-state index contributed by atoms with van der Waals surface area (Å²) in [6.07, 6.45) is 6.22. The third kappa shape index (κ3) is 5.07. The predicted octanol–water partition coefficient (Wildman–Crippen LogP) is 3.89. The molecule has 1 aliphatic heterocycles. The maximum Gasteiger partial charge on any atom is 0.293 e. The van der Waals surface area contributed by atoms with Gasteiger partial charge in [-0.2, -0.15) is 0 Å². The number of methoxy groups -OCH3 is 1. The fourth-order valence-corrected chi connectivity index (χ4v) is 4.82. The van der Waals surface area contributed by atoms with E-state index in [0.29, 0.717) is 47.8 Å². The van der Waals surface area contributed by atoms with Gasteiger partial charge < -0.3 is 25.0 Å². The molecule has 3 aromatic rings. The van der Waals surface area contributed by atoms with Gasteiger partial charge in [0.25, 0.3) is 5.69 Å². The lowest BCUT2D eigenvalue weighted by Crippen LogP contribution is -2.43. The van der Waals surface area contributed by atoms with Gasteiger partial charge in [-0.1, -0.05) is 6.07 Å². The van der Waals surface area contributed by atoms with Crippen molar-refractivity contribution in [3.8, 4) is 11.5 Å². The maximum absolute atomic E-state index is 11.9. The number of nitrogens with zero attached hydrogens (tertiary/aromatic N) is 4. The van der Waals surface area contributed by atoms with Crippen molar-refractivity contribution in [3.63, 3.8) is 0 Å². The molecule has 1 saturated carbocycles.